The predicted molar refractivity (Wildman–Crippen MR) is 39.4 cm³/mol. The average molecular weight is 142 g/mol. The minimum absolute atomic E-state index is 0.365. The molecule has 58 valence electrons. The van der Waals surface area contributed by atoms with Crippen molar-refractivity contribution in [3.05, 3.63) is 0 Å². The Hall–Kier alpha value is -0.590. The first-order valence-electron chi connectivity index (χ1n) is 3.23. The summed E-state index contributed by atoms with van der Waals surface area (Å²) < 4.78 is 0. The maximum Gasteiger partial charge on any atom is 0.0864 e. The van der Waals surface area contributed by atoms with Gasteiger partial charge in [0.1, 0.15) is 0 Å². The van der Waals surface area contributed by atoms with Gasteiger partial charge in [-0.25, -0.2) is 0 Å². The summed E-state index contributed by atoms with van der Waals surface area (Å²) in [6.07, 6.45) is 0. The largest absolute Gasteiger partial charge is 0.389 e. The van der Waals surface area contributed by atoms with E-state index in [9.17, 15) is 5.11 Å². The summed E-state index contributed by atoms with van der Waals surface area (Å²) in [5, 5.41) is 17.5. The van der Waals surface area contributed by atoms with E-state index in [1.165, 1.54) is 0 Å². The van der Waals surface area contributed by atoms with Gasteiger partial charge in [0.05, 0.1) is 18.2 Å². The van der Waals surface area contributed by atoms with Crippen LogP contribution in [0.25, 0.3) is 0 Å². The van der Waals surface area contributed by atoms with Crippen LogP contribution in [0.15, 0.2) is 0 Å². The highest BCUT2D eigenvalue weighted by Gasteiger charge is 2.14. The molecule has 0 aliphatic carbocycles. The van der Waals surface area contributed by atoms with E-state index in [4.69, 9.17) is 5.26 Å². The van der Waals surface area contributed by atoms with Crippen LogP contribution in [0.1, 0.15) is 13.8 Å². The Balaban J connectivity index is 3.60. The van der Waals surface area contributed by atoms with Gasteiger partial charge in [0.15, 0.2) is 0 Å². The van der Waals surface area contributed by atoms with E-state index in [-0.39, 0.29) is 0 Å². The van der Waals surface area contributed by atoms with Crippen molar-refractivity contribution in [1.82, 2.24) is 4.90 Å². The van der Waals surface area contributed by atoms with Crippen LogP contribution >= 0.6 is 0 Å². The van der Waals surface area contributed by atoms with Gasteiger partial charge in [-0.15, -0.1) is 0 Å². The standard InChI is InChI=1S/C7H14N2O/c1-7(2,10)6-9(3)5-4-8/h10H,5-6H2,1-3H3. The van der Waals surface area contributed by atoms with E-state index in [1.54, 1.807) is 25.8 Å². The van der Waals surface area contributed by atoms with Gasteiger partial charge in [-0.1, -0.05) is 0 Å². The van der Waals surface area contributed by atoms with Crippen LogP contribution in [-0.2, 0) is 0 Å². The number of nitriles is 1. The molecule has 10 heavy (non-hydrogen) atoms. The van der Waals surface area contributed by atoms with Crippen molar-refractivity contribution < 1.29 is 5.11 Å². The molecule has 0 bridgehead atoms. The van der Waals surface area contributed by atoms with Gasteiger partial charge in [0.25, 0.3) is 0 Å². The average Bonchev–Trinajstić information content (AvgIpc) is 1.59. The molecule has 0 heterocycles. The van der Waals surface area contributed by atoms with Gasteiger partial charge < -0.3 is 5.11 Å². The zero-order chi connectivity index (χ0) is 8.20. The van der Waals surface area contributed by atoms with E-state index >= 15 is 0 Å². The maximum atomic E-state index is 9.26. The normalized spacial score (nSPS) is 11.6. The fourth-order valence-electron chi connectivity index (χ4n) is 0.837. The maximum absolute atomic E-state index is 9.26. The summed E-state index contributed by atoms with van der Waals surface area (Å²) in [4.78, 5) is 1.78. The van der Waals surface area contributed by atoms with Crippen molar-refractivity contribution >= 4 is 0 Å². The molecule has 3 nitrogen and oxygen atoms in total. The lowest BCUT2D eigenvalue weighted by Crippen LogP contribution is -2.36. The van der Waals surface area contributed by atoms with E-state index in [1.807, 2.05) is 6.07 Å². The Bertz CT molecular complexity index is 132. The van der Waals surface area contributed by atoms with E-state index < -0.39 is 5.60 Å². The second kappa shape index (κ2) is 3.55. The van der Waals surface area contributed by atoms with Crippen molar-refractivity contribution in [1.29, 1.82) is 5.26 Å². The number of likely N-dealkylation sites (N-methyl/N-ethyl adjacent to an activating group) is 1. The minimum Gasteiger partial charge on any atom is -0.389 e. The fraction of sp³-hybridized carbons (Fsp3) is 0.857. The third-order valence-electron chi connectivity index (χ3n) is 0.997. The molecule has 1 N–H and O–H groups in total. The van der Waals surface area contributed by atoms with E-state index in [0.29, 0.717) is 13.1 Å². The molecule has 0 unspecified atom stereocenters. The number of nitrogens with zero attached hydrogens (tertiary/aromatic N) is 2. The molecule has 0 fully saturated rings. The Morgan fingerprint density at radius 1 is 1.60 bits per heavy atom. The zero-order valence-electron chi connectivity index (χ0n) is 6.76. The highest BCUT2D eigenvalue weighted by molar-refractivity contribution is 4.78. The second-order valence-electron chi connectivity index (χ2n) is 3.14. The molecule has 3 heteroatoms. The van der Waals surface area contributed by atoms with Gasteiger partial charge in [-0.05, 0) is 20.9 Å². The molecular formula is C7H14N2O. The van der Waals surface area contributed by atoms with Gasteiger partial charge in [0.2, 0.25) is 0 Å². The topological polar surface area (TPSA) is 47.3 Å². The summed E-state index contributed by atoms with van der Waals surface area (Å²) >= 11 is 0. The molecule has 0 atom stereocenters. The van der Waals surface area contributed by atoms with Crippen LogP contribution in [0.5, 0.6) is 0 Å². The van der Waals surface area contributed by atoms with Crippen molar-refractivity contribution in [3.8, 4) is 6.07 Å². The molecule has 0 saturated heterocycles. The van der Waals surface area contributed by atoms with Crippen LogP contribution in [-0.4, -0.2) is 35.7 Å². The van der Waals surface area contributed by atoms with Crippen molar-refractivity contribution in [2.24, 2.45) is 0 Å². The van der Waals surface area contributed by atoms with Crippen molar-refractivity contribution in [2.45, 2.75) is 19.4 Å². The molecule has 0 aliphatic rings. The lowest BCUT2D eigenvalue weighted by molar-refractivity contribution is 0.0483. The summed E-state index contributed by atoms with van der Waals surface area (Å²) in [6, 6.07) is 2.00. The summed E-state index contributed by atoms with van der Waals surface area (Å²) in [6.45, 7) is 4.34. The molecule has 0 radical (unpaired) electrons. The fourth-order valence-corrected chi connectivity index (χ4v) is 0.837. The molecule has 0 aromatic carbocycles. The van der Waals surface area contributed by atoms with Crippen LogP contribution in [0.3, 0.4) is 0 Å². The smallest absolute Gasteiger partial charge is 0.0864 e. The van der Waals surface area contributed by atoms with Crippen molar-refractivity contribution in [3.63, 3.8) is 0 Å². The van der Waals surface area contributed by atoms with Crippen molar-refractivity contribution in [2.75, 3.05) is 20.1 Å². The third-order valence-corrected chi connectivity index (χ3v) is 0.997. The second-order valence-corrected chi connectivity index (χ2v) is 3.14. The van der Waals surface area contributed by atoms with E-state index in [2.05, 4.69) is 0 Å². The summed E-state index contributed by atoms with van der Waals surface area (Å²) in [7, 11) is 1.81. The Morgan fingerprint density at radius 2 is 2.10 bits per heavy atom. The van der Waals surface area contributed by atoms with Gasteiger partial charge in [0, 0.05) is 6.54 Å². The van der Waals surface area contributed by atoms with E-state index in [0.717, 1.165) is 0 Å². The van der Waals surface area contributed by atoms with Crippen LogP contribution in [0.4, 0.5) is 0 Å². The molecule has 0 spiro atoms. The van der Waals surface area contributed by atoms with Gasteiger partial charge in [-0.2, -0.15) is 5.26 Å². The Labute approximate surface area is 61.9 Å². The highest BCUT2D eigenvalue weighted by Crippen LogP contribution is 2.01. The molecule has 0 aromatic rings. The van der Waals surface area contributed by atoms with Crippen LogP contribution < -0.4 is 0 Å². The quantitative estimate of drug-likeness (QED) is 0.573. The Kier molecular flexibility index (Phi) is 3.34. The lowest BCUT2D eigenvalue weighted by Gasteiger charge is -2.22. The Morgan fingerprint density at radius 3 is 2.40 bits per heavy atom. The lowest BCUT2D eigenvalue weighted by atomic mass is 10.1. The summed E-state index contributed by atoms with van der Waals surface area (Å²) in [5.41, 5.74) is -0.703. The summed E-state index contributed by atoms with van der Waals surface area (Å²) in [5.74, 6) is 0. The zero-order valence-corrected chi connectivity index (χ0v) is 6.76. The molecule has 0 aromatic heterocycles. The number of hydrogen-bond acceptors (Lipinski definition) is 3. The third kappa shape index (κ3) is 5.54. The first-order valence-corrected chi connectivity index (χ1v) is 3.23. The molecule has 0 saturated carbocycles. The molecule has 0 aliphatic heterocycles. The van der Waals surface area contributed by atoms with Gasteiger partial charge in [-0.3, -0.25) is 4.90 Å². The first-order chi connectivity index (χ1) is 4.45. The SMILES string of the molecule is CN(CC#N)CC(C)(C)O. The van der Waals surface area contributed by atoms with Gasteiger partial charge >= 0.3 is 0 Å². The number of aliphatic hydroxyl groups is 1. The van der Waals surface area contributed by atoms with Crippen LogP contribution in [0, 0.1) is 11.3 Å². The number of hydrogen-bond donors (Lipinski definition) is 1. The molecule has 0 amide bonds. The minimum atomic E-state index is -0.703. The van der Waals surface area contributed by atoms with Crippen LogP contribution in [0.2, 0.25) is 0 Å². The first kappa shape index (κ1) is 9.41. The predicted octanol–water partition coefficient (Wildman–Crippen LogP) is 0.213. The molecule has 0 rings (SSSR count). The number of rotatable bonds is 3. The highest BCUT2D eigenvalue weighted by atomic mass is 16.3. The monoisotopic (exact) mass is 142 g/mol. The molecular weight excluding hydrogens is 128 g/mol.